The summed E-state index contributed by atoms with van der Waals surface area (Å²) in [7, 11) is 0. The molecule has 1 atom stereocenters. The van der Waals surface area contributed by atoms with Crippen LogP contribution in [0.4, 0.5) is 13.2 Å². The second kappa shape index (κ2) is 7.65. The van der Waals surface area contributed by atoms with Crippen molar-refractivity contribution < 1.29 is 27.8 Å². The van der Waals surface area contributed by atoms with E-state index in [1.165, 1.54) is 18.2 Å². The van der Waals surface area contributed by atoms with Crippen molar-refractivity contribution in [3.05, 3.63) is 28.2 Å². The number of rotatable bonds is 7. The van der Waals surface area contributed by atoms with Crippen LogP contribution in [0.15, 0.2) is 22.7 Å². The second-order valence-electron chi connectivity index (χ2n) is 4.37. The molecule has 1 aromatic rings. The van der Waals surface area contributed by atoms with Gasteiger partial charge >= 0.3 is 12.3 Å². The van der Waals surface area contributed by atoms with Crippen LogP contribution in [0.2, 0.25) is 0 Å². The summed E-state index contributed by atoms with van der Waals surface area (Å²) in [5, 5.41) is 11.8. The summed E-state index contributed by atoms with van der Waals surface area (Å²) in [4.78, 5) is 11.0. The number of aliphatic carboxylic acids is 1. The summed E-state index contributed by atoms with van der Waals surface area (Å²) in [6, 6.07) is 3.41. The van der Waals surface area contributed by atoms with E-state index in [1.807, 2.05) is 6.92 Å². The molecule has 0 aliphatic rings. The molecule has 0 fully saturated rings. The maximum Gasteiger partial charge on any atom is 0.573 e. The number of alkyl halides is 3. The molecule has 4 nitrogen and oxygen atoms in total. The molecule has 0 amide bonds. The minimum absolute atomic E-state index is 0.154. The van der Waals surface area contributed by atoms with Crippen LogP contribution in [0.1, 0.15) is 25.3 Å². The number of benzene rings is 1. The van der Waals surface area contributed by atoms with Gasteiger partial charge in [0, 0.05) is 6.54 Å². The first-order chi connectivity index (χ1) is 9.73. The van der Waals surface area contributed by atoms with E-state index in [4.69, 9.17) is 5.11 Å². The number of hydrogen-bond donors (Lipinski definition) is 2. The van der Waals surface area contributed by atoms with Crippen molar-refractivity contribution in [1.82, 2.24) is 5.32 Å². The first-order valence-corrected chi connectivity index (χ1v) is 7.02. The highest BCUT2D eigenvalue weighted by atomic mass is 79.9. The Balaban J connectivity index is 2.69. The fourth-order valence-electron chi connectivity index (χ4n) is 1.70. The summed E-state index contributed by atoms with van der Waals surface area (Å²) in [6.45, 7) is 2.11. The maximum atomic E-state index is 12.1. The van der Waals surface area contributed by atoms with E-state index in [-0.39, 0.29) is 16.8 Å². The van der Waals surface area contributed by atoms with E-state index < -0.39 is 18.4 Å². The van der Waals surface area contributed by atoms with E-state index >= 15 is 0 Å². The van der Waals surface area contributed by atoms with Crippen LogP contribution in [-0.4, -0.2) is 23.5 Å². The SMILES string of the molecule is CCCC(NCc1ccc(OC(F)(F)F)c(Br)c1)C(=O)O. The molecule has 21 heavy (non-hydrogen) atoms. The zero-order chi connectivity index (χ0) is 16.0. The molecule has 1 unspecified atom stereocenters. The van der Waals surface area contributed by atoms with Crippen LogP contribution in [0, 0.1) is 0 Å². The number of ether oxygens (including phenoxy) is 1. The van der Waals surface area contributed by atoms with Crippen LogP contribution >= 0.6 is 15.9 Å². The van der Waals surface area contributed by atoms with Gasteiger partial charge in [-0.15, -0.1) is 13.2 Å². The first kappa shape index (κ1) is 17.8. The molecule has 0 aromatic heterocycles. The molecule has 0 saturated carbocycles. The smallest absolute Gasteiger partial charge is 0.480 e. The fraction of sp³-hybridized carbons (Fsp3) is 0.462. The van der Waals surface area contributed by atoms with Crippen molar-refractivity contribution in [2.45, 2.75) is 38.7 Å². The van der Waals surface area contributed by atoms with Crippen molar-refractivity contribution in [2.75, 3.05) is 0 Å². The van der Waals surface area contributed by atoms with Gasteiger partial charge in [-0.3, -0.25) is 4.79 Å². The Morgan fingerprint density at radius 3 is 2.62 bits per heavy atom. The lowest BCUT2D eigenvalue weighted by Crippen LogP contribution is -2.35. The number of hydrogen-bond acceptors (Lipinski definition) is 3. The Bertz CT molecular complexity index is 494. The average Bonchev–Trinajstić information content (AvgIpc) is 2.35. The van der Waals surface area contributed by atoms with E-state index in [2.05, 4.69) is 26.0 Å². The quantitative estimate of drug-likeness (QED) is 0.769. The summed E-state index contributed by atoms with van der Waals surface area (Å²) in [5.74, 6) is -1.29. The highest BCUT2D eigenvalue weighted by Crippen LogP contribution is 2.31. The third-order valence-corrected chi connectivity index (χ3v) is 3.27. The lowest BCUT2D eigenvalue weighted by molar-refractivity contribution is -0.274. The van der Waals surface area contributed by atoms with Crippen LogP contribution in [0.5, 0.6) is 5.75 Å². The topological polar surface area (TPSA) is 58.6 Å². The van der Waals surface area contributed by atoms with Crippen molar-refractivity contribution in [1.29, 1.82) is 0 Å². The van der Waals surface area contributed by atoms with Gasteiger partial charge in [0.15, 0.2) is 0 Å². The van der Waals surface area contributed by atoms with Crippen LogP contribution in [0.25, 0.3) is 0 Å². The minimum atomic E-state index is -4.75. The van der Waals surface area contributed by atoms with Gasteiger partial charge in [0.1, 0.15) is 11.8 Å². The van der Waals surface area contributed by atoms with Gasteiger partial charge in [0.25, 0.3) is 0 Å². The minimum Gasteiger partial charge on any atom is -0.480 e. The van der Waals surface area contributed by atoms with Crippen molar-refractivity contribution in [3.8, 4) is 5.75 Å². The van der Waals surface area contributed by atoms with Crippen molar-refractivity contribution >= 4 is 21.9 Å². The molecule has 118 valence electrons. The number of carboxylic acids is 1. The summed E-state index contributed by atoms with van der Waals surface area (Å²) < 4.78 is 40.4. The Labute approximate surface area is 128 Å². The molecule has 8 heteroatoms. The molecule has 1 aromatic carbocycles. The molecular formula is C13H15BrF3NO3. The largest absolute Gasteiger partial charge is 0.573 e. The predicted octanol–water partition coefficient (Wildman–Crippen LogP) is 3.69. The average molecular weight is 370 g/mol. The van der Waals surface area contributed by atoms with Gasteiger partial charge in [-0.05, 0) is 40.0 Å². The molecule has 2 N–H and O–H groups in total. The molecule has 0 bridgehead atoms. The highest BCUT2D eigenvalue weighted by molar-refractivity contribution is 9.10. The summed E-state index contributed by atoms with van der Waals surface area (Å²) in [6.07, 6.45) is -3.56. The number of halogens is 4. The van der Waals surface area contributed by atoms with E-state index in [9.17, 15) is 18.0 Å². The highest BCUT2D eigenvalue weighted by Gasteiger charge is 2.31. The zero-order valence-electron chi connectivity index (χ0n) is 11.2. The van der Waals surface area contributed by atoms with Gasteiger partial charge in [0.2, 0.25) is 0 Å². The number of carboxylic acid groups (broad SMARTS) is 1. The first-order valence-electron chi connectivity index (χ1n) is 6.23. The van der Waals surface area contributed by atoms with Crippen LogP contribution < -0.4 is 10.1 Å². The maximum absolute atomic E-state index is 12.1. The molecular weight excluding hydrogens is 355 g/mol. The van der Waals surface area contributed by atoms with Gasteiger partial charge in [0.05, 0.1) is 4.47 Å². The lowest BCUT2D eigenvalue weighted by Gasteiger charge is -2.15. The van der Waals surface area contributed by atoms with Crippen LogP contribution in [-0.2, 0) is 11.3 Å². The lowest BCUT2D eigenvalue weighted by atomic mass is 10.1. The van der Waals surface area contributed by atoms with Crippen molar-refractivity contribution in [3.63, 3.8) is 0 Å². The monoisotopic (exact) mass is 369 g/mol. The van der Waals surface area contributed by atoms with Crippen LogP contribution in [0.3, 0.4) is 0 Å². The van der Waals surface area contributed by atoms with Gasteiger partial charge < -0.3 is 15.2 Å². The molecule has 1 rings (SSSR count). The Morgan fingerprint density at radius 1 is 1.48 bits per heavy atom. The standard InChI is InChI=1S/C13H15BrF3NO3/c1-2-3-10(12(19)20)18-7-8-4-5-11(9(14)6-8)21-13(15,16)17/h4-6,10,18H,2-3,7H2,1H3,(H,19,20). The molecule has 0 aliphatic heterocycles. The number of nitrogens with one attached hydrogen (secondary N) is 1. The normalized spacial score (nSPS) is 13.0. The van der Waals surface area contributed by atoms with E-state index in [0.717, 1.165) is 0 Å². The zero-order valence-corrected chi connectivity index (χ0v) is 12.8. The molecule has 0 aliphatic carbocycles. The van der Waals surface area contributed by atoms with E-state index in [0.29, 0.717) is 18.4 Å². The third-order valence-electron chi connectivity index (χ3n) is 2.65. The van der Waals surface area contributed by atoms with Gasteiger partial charge in [-0.25, -0.2) is 0 Å². The Hall–Kier alpha value is -1.28. The third kappa shape index (κ3) is 6.34. The van der Waals surface area contributed by atoms with E-state index in [1.54, 1.807) is 0 Å². The summed E-state index contributed by atoms with van der Waals surface area (Å²) in [5.41, 5.74) is 0.652. The molecule has 0 radical (unpaired) electrons. The van der Waals surface area contributed by atoms with Gasteiger partial charge in [-0.2, -0.15) is 0 Å². The Morgan fingerprint density at radius 2 is 2.14 bits per heavy atom. The van der Waals surface area contributed by atoms with Crippen molar-refractivity contribution in [2.24, 2.45) is 0 Å². The summed E-state index contributed by atoms with van der Waals surface area (Å²) >= 11 is 3.00. The van der Waals surface area contributed by atoms with Gasteiger partial charge in [-0.1, -0.05) is 19.4 Å². The fourth-order valence-corrected chi connectivity index (χ4v) is 2.21. The second-order valence-corrected chi connectivity index (χ2v) is 5.23. The molecule has 0 heterocycles. The predicted molar refractivity (Wildman–Crippen MR) is 74.0 cm³/mol. The molecule has 0 saturated heterocycles. The molecule has 0 spiro atoms. The Kier molecular flexibility index (Phi) is 6.47. The number of carbonyl (C=O) groups is 1.